The molecule has 0 bridgehead atoms. The van der Waals surface area contributed by atoms with Gasteiger partial charge >= 0.3 is 11.9 Å². The van der Waals surface area contributed by atoms with Crippen LogP contribution in [0.1, 0.15) is 27.6 Å². The summed E-state index contributed by atoms with van der Waals surface area (Å²) in [7, 11) is 2.70. The van der Waals surface area contributed by atoms with Crippen molar-refractivity contribution < 1.29 is 23.9 Å². The minimum atomic E-state index is -0.412. The van der Waals surface area contributed by atoms with E-state index in [0.717, 1.165) is 25.3 Å². The first-order chi connectivity index (χ1) is 14.9. The molecule has 8 heteroatoms. The predicted octanol–water partition coefficient (Wildman–Crippen LogP) is 2.41. The van der Waals surface area contributed by atoms with Crippen molar-refractivity contribution in [2.24, 2.45) is 0 Å². The first-order valence-corrected chi connectivity index (χ1v) is 10.1. The number of benzene rings is 2. The summed E-state index contributed by atoms with van der Waals surface area (Å²) in [5, 5.41) is 2.87. The summed E-state index contributed by atoms with van der Waals surface area (Å²) in [6, 6.07) is 14.1. The van der Waals surface area contributed by atoms with Crippen LogP contribution in [0.2, 0.25) is 0 Å². The van der Waals surface area contributed by atoms with E-state index in [1.165, 1.54) is 14.2 Å². The maximum atomic E-state index is 12.5. The second-order valence-corrected chi connectivity index (χ2v) is 7.42. The Balaban J connectivity index is 1.52. The average molecular weight is 425 g/mol. The topological polar surface area (TPSA) is 88.2 Å². The molecule has 1 fully saturated rings. The van der Waals surface area contributed by atoms with Crippen LogP contribution in [0.25, 0.3) is 0 Å². The Morgan fingerprint density at radius 1 is 0.903 bits per heavy atom. The standard InChI is InChI=1S/C23H27N3O5/c1-16-14-26(20-10-6-18(7-11-20)23(29)31-3)13-12-25(16)15-21(27)24-19-8-4-17(5-9-19)22(28)30-2/h4-11,16H,12-15H2,1-3H3,(H,24,27). The number of piperazine rings is 1. The molecule has 8 nitrogen and oxygen atoms in total. The third-order valence-corrected chi connectivity index (χ3v) is 5.36. The Kier molecular flexibility index (Phi) is 7.25. The van der Waals surface area contributed by atoms with Crippen LogP contribution in [0, 0.1) is 0 Å². The lowest BCUT2D eigenvalue weighted by Crippen LogP contribution is -2.53. The predicted molar refractivity (Wildman–Crippen MR) is 117 cm³/mol. The lowest BCUT2D eigenvalue weighted by molar-refractivity contribution is -0.117. The zero-order valence-electron chi connectivity index (χ0n) is 18.0. The zero-order chi connectivity index (χ0) is 22.4. The molecule has 1 atom stereocenters. The molecule has 3 rings (SSSR count). The van der Waals surface area contributed by atoms with Crippen LogP contribution in [-0.4, -0.2) is 69.2 Å². The third kappa shape index (κ3) is 5.61. The van der Waals surface area contributed by atoms with Gasteiger partial charge in [0.15, 0.2) is 0 Å². The van der Waals surface area contributed by atoms with Gasteiger partial charge in [0, 0.05) is 37.1 Å². The summed E-state index contributed by atoms with van der Waals surface area (Å²) in [4.78, 5) is 39.9. The zero-order valence-corrected chi connectivity index (χ0v) is 18.0. The van der Waals surface area contributed by atoms with Crippen molar-refractivity contribution in [1.29, 1.82) is 0 Å². The van der Waals surface area contributed by atoms with Gasteiger partial charge in [-0.1, -0.05) is 0 Å². The molecular formula is C23H27N3O5. The number of methoxy groups -OCH3 is 2. The molecule has 1 saturated heterocycles. The number of amides is 1. The van der Waals surface area contributed by atoms with Gasteiger partial charge in [0.1, 0.15) is 0 Å². The monoisotopic (exact) mass is 425 g/mol. The van der Waals surface area contributed by atoms with E-state index in [1.807, 2.05) is 12.1 Å². The first kappa shape index (κ1) is 22.3. The van der Waals surface area contributed by atoms with E-state index in [1.54, 1.807) is 36.4 Å². The molecule has 0 aromatic heterocycles. The van der Waals surface area contributed by atoms with Gasteiger partial charge in [-0.25, -0.2) is 9.59 Å². The van der Waals surface area contributed by atoms with Gasteiger partial charge in [0.05, 0.1) is 31.9 Å². The molecule has 0 spiro atoms. The van der Waals surface area contributed by atoms with Crippen LogP contribution in [-0.2, 0) is 14.3 Å². The molecule has 2 aromatic rings. The summed E-state index contributed by atoms with van der Waals surface area (Å²) < 4.78 is 9.41. The van der Waals surface area contributed by atoms with Crippen molar-refractivity contribution in [2.45, 2.75) is 13.0 Å². The Morgan fingerprint density at radius 3 is 1.97 bits per heavy atom. The molecule has 0 radical (unpaired) electrons. The number of hydrogen-bond donors (Lipinski definition) is 1. The number of ether oxygens (including phenoxy) is 2. The maximum Gasteiger partial charge on any atom is 0.337 e. The van der Waals surface area contributed by atoms with E-state index in [0.29, 0.717) is 16.8 Å². The van der Waals surface area contributed by atoms with Gasteiger partial charge in [0.25, 0.3) is 0 Å². The molecule has 0 saturated carbocycles. The van der Waals surface area contributed by atoms with Crippen LogP contribution in [0.4, 0.5) is 11.4 Å². The van der Waals surface area contributed by atoms with Crippen molar-refractivity contribution in [1.82, 2.24) is 4.90 Å². The summed E-state index contributed by atoms with van der Waals surface area (Å²) in [6.45, 7) is 4.68. The van der Waals surface area contributed by atoms with E-state index in [4.69, 9.17) is 4.74 Å². The summed E-state index contributed by atoms with van der Waals surface area (Å²) in [6.07, 6.45) is 0. The Hall–Kier alpha value is -3.39. The van der Waals surface area contributed by atoms with Crippen molar-refractivity contribution in [3.05, 3.63) is 59.7 Å². The molecule has 1 aliphatic rings. The lowest BCUT2D eigenvalue weighted by Gasteiger charge is -2.40. The number of nitrogens with one attached hydrogen (secondary N) is 1. The van der Waals surface area contributed by atoms with Crippen LogP contribution in [0.5, 0.6) is 0 Å². The van der Waals surface area contributed by atoms with Gasteiger partial charge in [-0.15, -0.1) is 0 Å². The van der Waals surface area contributed by atoms with E-state index < -0.39 is 5.97 Å². The maximum absolute atomic E-state index is 12.5. The fourth-order valence-corrected chi connectivity index (χ4v) is 3.58. The minimum absolute atomic E-state index is 0.103. The highest BCUT2D eigenvalue weighted by Gasteiger charge is 2.25. The number of carbonyl (C=O) groups is 3. The van der Waals surface area contributed by atoms with Crippen LogP contribution in [0.15, 0.2) is 48.5 Å². The van der Waals surface area contributed by atoms with Crippen molar-refractivity contribution in [3.8, 4) is 0 Å². The molecule has 1 aliphatic heterocycles. The summed E-state index contributed by atoms with van der Waals surface area (Å²) >= 11 is 0. The molecule has 1 unspecified atom stereocenters. The highest BCUT2D eigenvalue weighted by Crippen LogP contribution is 2.20. The summed E-state index contributed by atoms with van der Waals surface area (Å²) in [5.74, 6) is -0.867. The lowest BCUT2D eigenvalue weighted by atomic mass is 10.1. The number of rotatable bonds is 6. The molecule has 2 aromatic carbocycles. The molecule has 164 valence electrons. The quantitative estimate of drug-likeness (QED) is 0.711. The molecular weight excluding hydrogens is 398 g/mol. The first-order valence-electron chi connectivity index (χ1n) is 10.1. The highest BCUT2D eigenvalue weighted by atomic mass is 16.5. The van der Waals surface area contributed by atoms with Crippen molar-refractivity contribution >= 4 is 29.2 Å². The highest BCUT2D eigenvalue weighted by molar-refractivity contribution is 5.94. The normalized spacial score (nSPS) is 16.5. The number of esters is 2. The minimum Gasteiger partial charge on any atom is -0.465 e. The van der Waals surface area contributed by atoms with E-state index in [2.05, 4.69) is 26.8 Å². The van der Waals surface area contributed by atoms with Gasteiger partial charge in [-0.2, -0.15) is 0 Å². The van der Waals surface area contributed by atoms with E-state index in [9.17, 15) is 14.4 Å². The fraction of sp³-hybridized carbons (Fsp3) is 0.348. The summed E-state index contributed by atoms with van der Waals surface area (Å²) in [5.41, 5.74) is 2.63. The number of nitrogens with zero attached hydrogens (tertiary/aromatic N) is 2. The number of anilines is 2. The van der Waals surface area contributed by atoms with Gasteiger partial charge in [-0.3, -0.25) is 9.69 Å². The van der Waals surface area contributed by atoms with Gasteiger partial charge in [-0.05, 0) is 55.5 Å². The van der Waals surface area contributed by atoms with E-state index in [-0.39, 0.29) is 24.5 Å². The Bertz CT molecular complexity index is 927. The van der Waals surface area contributed by atoms with Crippen LogP contribution < -0.4 is 10.2 Å². The molecule has 1 amide bonds. The Morgan fingerprint density at radius 2 is 1.45 bits per heavy atom. The Labute approximate surface area is 181 Å². The van der Waals surface area contributed by atoms with Crippen molar-refractivity contribution in [3.63, 3.8) is 0 Å². The fourth-order valence-electron chi connectivity index (χ4n) is 3.58. The molecule has 31 heavy (non-hydrogen) atoms. The van der Waals surface area contributed by atoms with Crippen LogP contribution >= 0.6 is 0 Å². The third-order valence-electron chi connectivity index (χ3n) is 5.36. The van der Waals surface area contributed by atoms with Gasteiger partial charge < -0.3 is 19.7 Å². The SMILES string of the molecule is COC(=O)c1ccc(NC(=O)CN2CCN(c3ccc(C(=O)OC)cc3)CC2C)cc1. The molecule has 1 N–H and O–H groups in total. The number of hydrogen-bond acceptors (Lipinski definition) is 7. The van der Waals surface area contributed by atoms with Crippen molar-refractivity contribution in [2.75, 3.05) is 50.6 Å². The largest absolute Gasteiger partial charge is 0.465 e. The average Bonchev–Trinajstić information content (AvgIpc) is 2.80. The number of carbonyl (C=O) groups excluding carboxylic acids is 3. The van der Waals surface area contributed by atoms with E-state index >= 15 is 0 Å². The smallest absolute Gasteiger partial charge is 0.337 e. The molecule has 1 heterocycles. The van der Waals surface area contributed by atoms with Crippen LogP contribution in [0.3, 0.4) is 0 Å². The van der Waals surface area contributed by atoms with Gasteiger partial charge in [0.2, 0.25) is 5.91 Å². The second-order valence-electron chi connectivity index (χ2n) is 7.42. The second kappa shape index (κ2) is 10.1. The molecule has 0 aliphatic carbocycles.